The van der Waals surface area contributed by atoms with Crippen molar-refractivity contribution >= 4 is 15.9 Å². The van der Waals surface area contributed by atoms with Crippen molar-refractivity contribution in [1.82, 2.24) is 4.90 Å². The molecule has 0 aromatic heterocycles. The highest BCUT2D eigenvalue weighted by atomic mass is 79.9. The van der Waals surface area contributed by atoms with E-state index in [1.54, 1.807) is 0 Å². The maximum absolute atomic E-state index is 11.8. The van der Waals surface area contributed by atoms with Crippen molar-refractivity contribution in [2.24, 2.45) is 0 Å². The summed E-state index contributed by atoms with van der Waals surface area (Å²) in [4.78, 5) is 2.31. The van der Waals surface area contributed by atoms with Gasteiger partial charge in [0.05, 0.1) is 0 Å². The fourth-order valence-electron chi connectivity index (χ4n) is 1.58. The highest BCUT2D eigenvalue weighted by Gasteiger charge is 2.29. The Kier molecular flexibility index (Phi) is 6.07. The van der Waals surface area contributed by atoms with Crippen molar-refractivity contribution in [2.45, 2.75) is 31.5 Å². The van der Waals surface area contributed by atoms with Gasteiger partial charge in [0.25, 0.3) is 0 Å². The fraction of sp³-hybridized carbons (Fsp3) is 1.00. The Labute approximate surface area is 102 Å². The second kappa shape index (κ2) is 6.81. The van der Waals surface area contributed by atoms with Gasteiger partial charge >= 0.3 is 6.18 Å². The highest BCUT2D eigenvalue weighted by molar-refractivity contribution is 9.09. The molecule has 0 unspecified atom stereocenters. The van der Waals surface area contributed by atoms with Crippen LogP contribution in [0.1, 0.15) is 19.3 Å². The molecular formula is C10H17BrF3NO. The topological polar surface area (TPSA) is 12.5 Å². The number of rotatable bonds is 8. The Morgan fingerprint density at radius 2 is 1.94 bits per heavy atom. The van der Waals surface area contributed by atoms with Crippen LogP contribution in [0, 0.1) is 0 Å². The molecule has 0 heterocycles. The third kappa shape index (κ3) is 6.70. The van der Waals surface area contributed by atoms with Crippen LogP contribution in [0.5, 0.6) is 0 Å². The second-order valence-electron chi connectivity index (χ2n) is 3.98. The smallest absolute Gasteiger partial charge is 0.372 e. The van der Waals surface area contributed by atoms with E-state index in [0.29, 0.717) is 12.5 Å². The normalized spacial score (nSPS) is 17.1. The van der Waals surface area contributed by atoms with Crippen molar-refractivity contribution in [3.8, 4) is 0 Å². The minimum absolute atomic E-state index is 0.186. The molecule has 6 heteroatoms. The Morgan fingerprint density at radius 1 is 1.25 bits per heavy atom. The number of hydrogen-bond acceptors (Lipinski definition) is 2. The quantitative estimate of drug-likeness (QED) is 0.505. The van der Waals surface area contributed by atoms with E-state index in [9.17, 15) is 13.2 Å². The largest absolute Gasteiger partial charge is 0.411 e. The van der Waals surface area contributed by atoms with Crippen LogP contribution in [0.4, 0.5) is 13.2 Å². The van der Waals surface area contributed by atoms with Crippen LogP contribution in [0.25, 0.3) is 0 Å². The monoisotopic (exact) mass is 303 g/mol. The molecule has 1 aliphatic rings. The molecule has 16 heavy (non-hydrogen) atoms. The molecule has 0 radical (unpaired) electrons. The van der Waals surface area contributed by atoms with Gasteiger partial charge in [-0.1, -0.05) is 15.9 Å². The van der Waals surface area contributed by atoms with Gasteiger partial charge in [-0.15, -0.1) is 0 Å². The van der Waals surface area contributed by atoms with Gasteiger partial charge in [-0.25, -0.2) is 0 Å². The van der Waals surface area contributed by atoms with E-state index in [4.69, 9.17) is 0 Å². The molecule has 1 saturated carbocycles. The third-order valence-corrected chi connectivity index (χ3v) is 2.79. The maximum atomic E-state index is 11.8. The Morgan fingerprint density at radius 3 is 2.44 bits per heavy atom. The van der Waals surface area contributed by atoms with Gasteiger partial charge in [-0.3, -0.25) is 4.90 Å². The molecule has 0 N–H and O–H groups in total. The zero-order valence-corrected chi connectivity index (χ0v) is 10.7. The van der Waals surface area contributed by atoms with E-state index < -0.39 is 12.8 Å². The molecule has 0 aromatic rings. The maximum Gasteiger partial charge on any atom is 0.411 e. The lowest BCUT2D eigenvalue weighted by atomic mass is 10.4. The molecule has 1 fully saturated rings. The number of ether oxygens (including phenoxy) is 1. The average Bonchev–Trinajstić information content (AvgIpc) is 2.97. The average molecular weight is 304 g/mol. The first-order valence-electron chi connectivity index (χ1n) is 5.47. The van der Waals surface area contributed by atoms with Crippen molar-refractivity contribution in [3.05, 3.63) is 0 Å². The predicted molar refractivity (Wildman–Crippen MR) is 59.9 cm³/mol. The van der Waals surface area contributed by atoms with Gasteiger partial charge in [-0.05, 0) is 19.3 Å². The summed E-state index contributed by atoms with van der Waals surface area (Å²) in [5.41, 5.74) is 0. The molecule has 0 spiro atoms. The van der Waals surface area contributed by atoms with Gasteiger partial charge < -0.3 is 4.74 Å². The van der Waals surface area contributed by atoms with Crippen LogP contribution in [0.3, 0.4) is 0 Å². The summed E-state index contributed by atoms with van der Waals surface area (Å²) in [6, 6.07) is 0.653. The summed E-state index contributed by atoms with van der Waals surface area (Å²) in [5.74, 6) is 0. The zero-order chi connectivity index (χ0) is 12.0. The minimum atomic E-state index is -4.20. The fourth-order valence-corrected chi connectivity index (χ4v) is 2.04. The summed E-state index contributed by atoms with van der Waals surface area (Å²) in [6.45, 7) is 0.845. The van der Waals surface area contributed by atoms with Crippen molar-refractivity contribution < 1.29 is 17.9 Å². The molecule has 96 valence electrons. The van der Waals surface area contributed by atoms with E-state index in [1.165, 1.54) is 12.8 Å². The number of halogens is 4. The first-order valence-corrected chi connectivity index (χ1v) is 6.59. The lowest BCUT2D eigenvalue weighted by Crippen LogP contribution is -2.30. The van der Waals surface area contributed by atoms with E-state index in [-0.39, 0.29) is 6.61 Å². The minimum Gasteiger partial charge on any atom is -0.372 e. The molecular weight excluding hydrogens is 287 g/mol. The van der Waals surface area contributed by atoms with Crippen LogP contribution in [-0.2, 0) is 4.74 Å². The van der Waals surface area contributed by atoms with Gasteiger partial charge in [0.1, 0.15) is 6.61 Å². The number of alkyl halides is 4. The number of hydrogen-bond donors (Lipinski definition) is 0. The van der Waals surface area contributed by atoms with Crippen LogP contribution in [-0.4, -0.2) is 48.8 Å². The van der Waals surface area contributed by atoms with Crippen LogP contribution >= 0.6 is 15.9 Å². The first kappa shape index (κ1) is 14.3. The Balaban J connectivity index is 2.00. The summed E-state index contributed by atoms with van der Waals surface area (Å²) < 4.78 is 39.8. The van der Waals surface area contributed by atoms with Gasteiger partial charge in [0, 0.05) is 31.1 Å². The molecule has 0 saturated heterocycles. The molecule has 0 atom stereocenters. The standard InChI is InChI=1S/C10H17BrF3NO/c11-4-6-15(9-2-3-9)5-1-7-16-8-10(12,13)14/h9H,1-8H2. The first-order chi connectivity index (χ1) is 7.53. The van der Waals surface area contributed by atoms with Crippen LogP contribution in [0.2, 0.25) is 0 Å². The second-order valence-corrected chi connectivity index (χ2v) is 4.77. The van der Waals surface area contributed by atoms with E-state index in [0.717, 1.165) is 18.4 Å². The van der Waals surface area contributed by atoms with E-state index in [1.807, 2.05) is 0 Å². The SMILES string of the molecule is FC(F)(F)COCCCN(CCBr)C1CC1. The molecule has 1 rings (SSSR count). The van der Waals surface area contributed by atoms with E-state index in [2.05, 4.69) is 25.6 Å². The Bertz CT molecular complexity index is 197. The summed E-state index contributed by atoms with van der Waals surface area (Å²) in [7, 11) is 0. The molecule has 1 aliphatic carbocycles. The molecule has 0 bridgehead atoms. The van der Waals surface area contributed by atoms with Gasteiger partial charge in [0.15, 0.2) is 0 Å². The summed E-state index contributed by atoms with van der Waals surface area (Å²) >= 11 is 3.37. The lowest BCUT2D eigenvalue weighted by molar-refractivity contribution is -0.174. The number of nitrogens with zero attached hydrogens (tertiary/aromatic N) is 1. The van der Waals surface area contributed by atoms with Crippen LogP contribution in [0.15, 0.2) is 0 Å². The lowest BCUT2D eigenvalue weighted by Gasteiger charge is -2.20. The van der Waals surface area contributed by atoms with Crippen LogP contribution < -0.4 is 0 Å². The summed E-state index contributed by atoms with van der Waals surface area (Å²) in [5, 5.41) is 0.910. The van der Waals surface area contributed by atoms with E-state index >= 15 is 0 Å². The molecule has 0 amide bonds. The highest BCUT2D eigenvalue weighted by Crippen LogP contribution is 2.26. The van der Waals surface area contributed by atoms with Crippen molar-refractivity contribution in [2.75, 3.05) is 31.6 Å². The van der Waals surface area contributed by atoms with Crippen molar-refractivity contribution in [1.29, 1.82) is 0 Å². The predicted octanol–water partition coefficient (Wildman–Crippen LogP) is 2.81. The molecule has 0 aromatic carbocycles. The third-order valence-electron chi connectivity index (χ3n) is 2.43. The Hall–Kier alpha value is 0.190. The summed E-state index contributed by atoms with van der Waals surface area (Å²) in [6.07, 6.45) is -1.10. The molecule has 2 nitrogen and oxygen atoms in total. The van der Waals surface area contributed by atoms with Crippen molar-refractivity contribution in [3.63, 3.8) is 0 Å². The zero-order valence-electron chi connectivity index (χ0n) is 9.10. The molecule has 0 aliphatic heterocycles. The van der Waals surface area contributed by atoms with Gasteiger partial charge in [0.2, 0.25) is 0 Å². The van der Waals surface area contributed by atoms with Gasteiger partial charge in [-0.2, -0.15) is 13.2 Å².